The van der Waals surface area contributed by atoms with Crippen LogP contribution in [0.15, 0.2) is 21.9 Å². The number of piperidine rings is 1. The molecule has 0 N–H and O–H groups in total. The van der Waals surface area contributed by atoms with E-state index in [0.717, 1.165) is 57.0 Å². The summed E-state index contributed by atoms with van der Waals surface area (Å²) in [7, 11) is 0. The van der Waals surface area contributed by atoms with Gasteiger partial charge in [-0.3, -0.25) is 4.90 Å². The minimum atomic E-state index is -0.0148. The Morgan fingerprint density at radius 3 is 2.82 bits per heavy atom. The number of hydrogen-bond acceptors (Lipinski definition) is 4. The van der Waals surface area contributed by atoms with E-state index in [1.807, 2.05) is 18.3 Å². The van der Waals surface area contributed by atoms with Crippen LogP contribution in [0, 0.1) is 13.8 Å². The first kappa shape index (κ1) is 14.5. The number of fused-ring (bicyclic) bond motifs is 2. The number of furan rings is 1. The number of aryl methyl sites for hydroxylation is 2. The molecule has 1 fully saturated rings. The third-order valence-electron chi connectivity index (χ3n) is 5.20. The molecule has 118 valence electrons. The molecule has 0 unspecified atom stereocenters. The van der Waals surface area contributed by atoms with Gasteiger partial charge in [-0.2, -0.15) is 0 Å². The molecule has 0 radical (unpaired) electrons. The highest BCUT2D eigenvalue weighted by molar-refractivity contribution is 7.10. The highest BCUT2D eigenvalue weighted by Crippen LogP contribution is 2.43. The molecular weight excluding hydrogens is 294 g/mol. The Hall–Kier alpha value is -1.10. The first-order chi connectivity index (χ1) is 10.7. The Morgan fingerprint density at radius 1 is 1.27 bits per heavy atom. The second-order valence-corrected chi connectivity index (χ2v) is 7.58. The Bertz CT molecular complexity index is 645. The number of nitrogens with zero attached hydrogens (tertiary/aromatic N) is 1. The fraction of sp³-hybridized carbons (Fsp3) is 0.556. The first-order valence-electron chi connectivity index (χ1n) is 8.15. The van der Waals surface area contributed by atoms with E-state index >= 15 is 0 Å². The summed E-state index contributed by atoms with van der Waals surface area (Å²) in [4.78, 5) is 4.03. The van der Waals surface area contributed by atoms with Crippen LogP contribution >= 0.6 is 11.3 Å². The van der Waals surface area contributed by atoms with Crippen LogP contribution in [0.25, 0.3) is 0 Å². The quantitative estimate of drug-likeness (QED) is 0.836. The van der Waals surface area contributed by atoms with Crippen molar-refractivity contribution >= 4 is 11.3 Å². The fourth-order valence-corrected chi connectivity index (χ4v) is 4.74. The minimum absolute atomic E-state index is 0.0148. The second kappa shape index (κ2) is 5.52. The molecule has 0 amide bonds. The Labute approximate surface area is 135 Å². The highest BCUT2D eigenvalue weighted by Gasteiger charge is 2.41. The van der Waals surface area contributed by atoms with Crippen LogP contribution in [-0.2, 0) is 23.3 Å². The van der Waals surface area contributed by atoms with E-state index in [1.54, 1.807) is 0 Å². The zero-order valence-corrected chi connectivity index (χ0v) is 14.2. The van der Waals surface area contributed by atoms with Gasteiger partial charge in [0.05, 0.1) is 18.8 Å². The van der Waals surface area contributed by atoms with E-state index < -0.39 is 0 Å². The van der Waals surface area contributed by atoms with Crippen LogP contribution in [0.5, 0.6) is 0 Å². The van der Waals surface area contributed by atoms with E-state index in [4.69, 9.17) is 9.15 Å². The normalized spacial score (nSPS) is 21.2. The number of rotatable bonds is 2. The second-order valence-electron chi connectivity index (χ2n) is 6.58. The maximum absolute atomic E-state index is 6.27. The van der Waals surface area contributed by atoms with Gasteiger partial charge in [-0.15, -0.1) is 11.3 Å². The molecule has 0 bridgehead atoms. The maximum atomic E-state index is 6.27. The van der Waals surface area contributed by atoms with Gasteiger partial charge in [-0.25, -0.2) is 0 Å². The summed E-state index contributed by atoms with van der Waals surface area (Å²) in [5.74, 6) is 2.13. The largest absolute Gasteiger partial charge is 0.465 e. The summed E-state index contributed by atoms with van der Waals surface area (Å²) in [5, 5.41) is 2.22. The van der Waals surface area contributed by atoms with Crippen molar-refractivity contribution in [3.8, 4) is 0 Å². The zero-order valence-electron chi connectivity index (χ0n) is 13.4. The van der Waals surface area contributed by atoms with Crippen LogP contribution in [0.1, 0.15) is 40.4 Å². The van der Waals surface area contributed by atoms with Gasteiger partial charge in [0.25, 0.3) is 0 Å². The zero-order chi connectivity index (χ0) is 15.2. The number of hydrogen-bond donors (Lipinski definition) is 0. The van der Waals surface area contributed by atoms with Gasteiger partial charge in [0.15, 0.2) is 0 Å². The monoisotopic (exact) mass is 317 g/mol. The Balaban J connectivity index is 1.45. The first-order valence-corrected chi connectivity index (χ1v) is 9.03. The summed E-state index contributed by atoms with van der Waals surface area (Å²) < 4.78 is 12.1. The molecule has 4 heterocycles. The number of likely N-dealkylation sites (tertiary alicyclic amines) is 1. The molecule has 0 atom stereocenters. The van der Waals surface area contributed by atoms with Gasteiger partial charge in [-0.05, 0) is 55.3 Å². The van der Waals surface area contributed by atoms with Crippen LogP contribution in [0.3, 0.4) is 0 Å². The topological polar surface area (TPSA) is 25.6 Å². The smallest absolute Gasteiger partial charge is 0.118 e. The lowest BCUT2D eigenvalue weighted by atomic mass is 9.82. The van der Waals surface area contributed by atoms with Gasteiger partial charge in [0.2, 0.25) is 0 Å². The van der Waals surface area contributed by atoms with Gasteiger partial charge in [0, 0.05) is 24.4 Å². The summed E-state index contributed by atoms with van der Waals surface area (Å²) >= 11 is 1.89. The van der Waals surface area contributed by atoms with Crippen molar-refractivity contribution in [2.75, 3.05) is 19.7 Å². The fourth-order valence-electron chi connectivity index (χ4n) is 3.79. The minimum Gasteiger partial charge on any atom is -0.465 e. The molecule has 22 heavy (non-hydrogen) atoms. The van der Waals surface area contributed by atoms with Crippen molar-refractivity contribution in [3.63, 3.8) is 0 Å². The molecule has 2 aromatic heterocycles. The van der Waals surface area contributed by atoms with E-state index in [1.165, 1.54) is 16.0 Å². The van der Waals surface area contributed by atoms with Gasteiger partial charge in [-0.1, -0.05) is 0 Å². The SMILES string of the molecule is Cc1cc(CN2CCC3(CC2)OCCc2sccc23)oc1C. The summed E-state index contributed by atoms with van der Waals surface area (Å²) in [6, 6.07) is 4.46. The Morgan fingerprint density at radius 2 is 2.09 bits per heavy atom. The van der Waals surface area contributed by atoms with Crippen LogP contribution in [0.2, 0.25) is 0 Å². The van der Waals surface area contributed by atoms with Crippen molar-refractivity contribution in [1.29, 1.82) is 0 Å². The third-order valence-corrected chi connectivity index (χ3v) is 6.18. The Kier molecular flexibility index (Phi) is 3.63. The third kappa shape index (κ3) is 2.43. The number of ether oxygens (including phenoxy) is 1. The molecular formula is C18H23NO2S. The summed E-state index contributed by atoms with van der Waals surface area (Å²) in [6.45, 7) is 8.10. The predicted octanol–water partition coefficient (Wildman–Crippen LogP) is 4.02. The van der Waals surface area contributed by atoms with Crippen molar-refractivity contribution in [2.45, 2.75) is 45.3 Å². The van der Waals surface area contributed by atoms with E-state index in [0.29, 0.717) is 0 Å². The van der Waals surface area contributed by atoms with Crippen molar-refractivity contribution in [2.24, 2.45) is 0 Å². The molecule has 4 heteroatoms. The van der Waals surface area contributed by atoms with Gasteiger partial charge in [0.1, 0.15) is 11.5 Å². The van der Waals surface area contributed by atoms with E-state index in [2.05, 4.69) is 29.3 Å². The maximum Gasteiger partial charge on any atom is 0.118 e. The summed E-state index contributed by atoms with van der Waals surface area (Å²) in [5.41, 5.74) is 2.70. The van der Waals surface area contributed by atoms with Crippen molar-refractivity contribution in [1.82, 2.24) is 4.90 Å². The van der Waals surface area contributed by atoms with Crippen LogP contribution < -0.4 is 0 Å². The van der Waals surface area contributed by atoms with E-state index in [9.17, 15) is 0 Å². The van der Waals surface area contributed by atoms with Gasteiger partial charge < -0.3 is 9.15 Å². The molecule has 2 aromatic rings. The van der Waals surface area contributed by atoms with Gasteiger partial charge >= 0.3 is 0 Å². The van der Waals surface area contributed by atoms with Crippen LogP contribution in [0.4, 0.5) is 0 Å². The summed E-state index contributed by atoms with van der Waals surface area (Å²) in [6.07, 6.45) is 3.27. The molecule has 4 rings (SSSR count). The lowest BCUT2D eigenvalue weighted by Crippen LogP contribution is -2.45. The van der Waals surface area contributed by atoms with Crippen LogP contribution in [-0.4, -0.2) is 24.6 Å². The molecule has 2 aliphatic heterocycles. The molecule has 3 nitrogen and oxygen atoms in total. The highest BCUT2D eigenvalue weighted by atomic mass is 32.1. The lowest BCUT2D eigenvalue weighted by Gasteiger charge is -2.43. The number of thiophene rings is 1. The predicted molar refractivity (Wildman–Crippen MR) is 88.3 cm³/mol. The lowest BCUT2D eigenvalue weighted by molar-refractivity contribution is -0.0986. The molecule has 1 saturated heterocycles. The average molecular weight is 317 g/mol. The van der Waals surface area contributed by atoms with Crippen molar-refractivity contribution < 1.29 is 9.15 Å². The van der Waals surface area contributed by atoms with Crippen molar-refractivity contribution in [3.05, 3.63) is 45.0 Å². The average Bonchev–Trinajstić information content (AvgIpc) is 3.10. The molecule has 0 aromatic carbocycles. The molecule has 0 saturated carbocycles. The molecule has 2 aliphatic rings. The molecule has 1 spiro atoms. The van der Waals surface area contributed by atoms with E-state index in [-0.39, 0.29) is 5.60 Å². The molecule has 0 aliphatic carbocycles. The standard InChI is InChI=1S/C18H23NO2S/c1-13-11-15(21-14(13)2)12-19-7-5-18(6-8-19)16-4-10-22-17(16)3-9-20-18/h4,10-11H,3,5-9,12H2,1-2H3.